The van der Waals surface area contributed by atoms with Crippen LogP contribution in [0.15, 0.2) is 41.3 Å². The Balaban J connectivity index is 1.67. The number of carbonyl (C=O) groups excluding carboxylic acids is 1. The summed E-state index contributed by atoms with van der Waals surface area (Å²) in [6.07, 6.45) is 1.52. The van der Waals surface area contributed by atoms with Crippen molar-refractivity contribution in [1.82, 2.24) is 19.3 Å². The van der Waals surface area contributed by atoms with Gasteiger partial charge in [-0.15, -0.1) is 5.10 Å². The normalized spacial score (nSPS) is 14.3. The van der Waals surface area contributed by atoms with E-state index in [0.29, 0.717) is 37.3 Å². The minimum Gasteiger partial charge on any atom is -0.308 e. The predicted octanol–water partition coefficient (Wildman–Crippen LogP) is 3.07. The van der Waals surface area contributed by atoms with E-state index in [4.69, 9.17) is 0 Å². The Morgan fingerprint density at radius 3 is 2.58 bits per heavy atom. The fraction of sp³-hybridized carbons (Fsp3) is 0.409. The Bertz CT molecular complexity index is 1230. The van der Waals surface area contributed by atoms with E-state index in [1.165, 1.54) is 4.31 Å². The summed E-state index contributed by atoms with van der Waals surface area (Å²) in [5, 5.41) is 8.27. The van der Waals surface area contributed by atoms with Gasteiger partial charge in [-0.2, -0.15) is 4.31 Å². The molecule has 0 N–H and O–H groups in total. The second-order valence-corrected chi connectivity index (χ2v) is 9.49. The molecule has 0 fully saturated rings. The van der Waals surface area contributed by atoms with Crippen LogP contribution in [0.2, 0.25) is 0 Å². The molecule has 1 aromatic heterocycles. The number of carbonyl (C=O) groups is 1. The van der Waals surface area contributed by atoms with Crippen LogP contribution in [0.5, 0.6) is 0 Å². The molecule has 1 aliphatic rings. The van der Waals surface area contributed by atoms with Gasteiger partial charge >= 0.3 is 0 Å². The molecule has 9 heteroatoms. The number of aromatic nitrogens is 3. The van der Waals surface area contributed by atoms with Crippen molar-refractivity contribution in [1.29, 1.82) is 0 Å². The van der Waals surface area contributed by atoms with Gasteiger partial charge in [-0.25, -0.2) is 13.1 Å². The van der Waals surface area contributed by atoms with Crippen molar-refractivity contribution in [3.05, 3.63) is 47.5 Å². The highest BCUT2D eigenvalue weighted by molar-refractivity contribution is 7.89. The van der Waals surface area contributed by atoms with Crippen LogP contribution in [-0.4, -0.2) is 53.3 Å². The standard InChI is InChI=1S/C22H27N5O3S/c1-4-25(5-2)31(29,30)18-10-12-20-16(14-18)8-7-13-26(20)22(28)17-9-11-21-19(15-17)23-24-27(21)6-3/h9-12,14-15H,4-8,13H2,1-3H3. The quantitative estimate of drug-likeness (QED) is 0.587. The molecule has 1 amide bonds. The van der Waals surface area contributed by atoms with Crippen molar-refractivity contribution in [2.24, 2.45) is 0 Å². The smallest absolute Gasteiger partial charge is 0.258 e. The number of hydrogen-bond acceptors (Lipinski definition) is 5. The highest BCUT2D eigenvalue weighted by Gasteiger charge is 2.27. The molecular formula is C22H27N5O3S. The molecule has 0 atom stereocenters. The van der Waals surface area contributed by atoms with Gasteiger partial charge in [0.25, 0.3) is 5.91 Å². The maximum atomic E-state index is 13.3. The molecule has 0 spiro atoms. The van der Waals surface area contributed by atoms with Gasteiger partial charge in [0, 0.05) is 37.4 Å². The first-order valence-corrected chi connectivity index (χ1v) is 12.1. The van der Waals surface area contributed by atoms with Crippen LogP contribution in [0.25, 0.3) is 11.0 Å². The summed E-state index contributed by atoms with van der Waals surface area (Å²) in [4.78, 5) is 15.3. The van der Waals surface area contributed by atoms with Gasteiger partial charge in [-0.1, -0.05) is 19.1 Å². The second-order valence-electron chi connectivity index (χ2n) is 7.55. The fourth-order valence-corrected chi connectivity index (χ4v) is 5.66. The zero-order chi connectivity index (χ0) is 22.2. The van der Waals surface area contributed by atoms with Crippen molar-refractivity contribution < 1.29 is 13.2 Å². The van der Waals surface area contributed by atoms with Crippen LogP contribution < -0.4 is 4.90 Å². The molecular weight excluding hydrogens is 414 g/mol. The monoisotopic (exact) mass is 441 g/mol. The lowest BCUT2D eigenvalue weighted by atomic mass is 10.0. The molecule has 0 saturated carbocycles. The largest absolute Gasteiger partial charge is 0.308 e. The molecule has 1 aliphatic heterocycles. The number of nitrogens with zero attached hydrogens (tertiary/aromatic N) is 5. The minimum absolute atomic E-state index is 0.117. The lowest BCUT2D eigenvalue weighted by molar-refractivity contribution is 0.0985. The molecule has 8 nitrogen and oxygen atoms in total. The van der Waals surface area contributed by atoms with Crippen molar-refractivity contribution in [3.8, 4) is 0 Å². The average molecular weight is 442 g/mol. The molecule has 0 unspecified atom stereocenters. The van der Waals surface area contributed by atoms with Crippen molar-refractivity contribution in [2.45, 2.75) is 45.1 Å². The number of rotatable bonds is 6. The number of anilines is 1. The zero-order valence-corrected chi connectivity index (χ0v) is 18.9. The Morgan fingerprint density at radius 1 is 1.10 bits per heavy atom. The van der Waals surface area contributed by atoms with E-state index in [1.807, 2.05) is 26.8 Å². The van der Waals surface area contributed by atoms with Crippen LogP contribution in [0.1, 0.15) is 43.1 Å². The van der Waals surface area contributed by atoms with Crippen molar-refractivity contribution in [3.63, 3.8) is 0 Å². The lowest BCUT2D eigenvalue weighted by Gasteiger charge is -2.30. The zero-order valence-electron chi connectivity index (χ0n) is 18.1. The van der Waals surface area contributed by atoms with Crippen LogP contribution in [0, 0.1) is 0 Å². The SMILES string of the molecule is CCN(CC)S(=O)(=O)c1ccc2c(c1)CCCN2C(=O)c1ccc2c(c1)nnn2CC. The topological polar surface area (TPSA) is 88.4 Å². The first-order valence-electron chi connectivity index (χ1n) is 10.7. The summed E-state index contributed by atoms with van der Waals surface area (Å²) in [6, 6.07) is 10.5. The van der Waals surface area contributed by atoms with E-state index in [9.17, 15) is 13.2 Å². The van der Waals surface area contributed by atoms with Gasteiger partial charge in [0.05, 0.1) is 10.4 Å². The predicted molar refractivity (Wildman–Crippen MR) is 120 cm³/mol. The number of aryl methyl sites for hydroxylation is 2. The van der Waals surface area contributed by atoms with E-state index in [1.54, 1.807) is 39.9 Å². The number of amides is 1. The van der Waals surface area contributed by atoms with Crippen LogP contribution >= 0.6 is 0 Å². The maximum absolute atomic E-state index is 13.3. The Morgan fingerprint density at radius 2 is 1.87 bits per heavy atom. The summed E-state index contributed by atoms with van der Waals surface area (Å²) in [5.74, 6) is -0.117. The summed E-state index contributed by atoms with van der Waals surface area (Å²) < 4.78 is 29.0. The highest BCUT2D eigenvalue weighted by Crippen LogP contribution is 2.31. The molecule has 0 saturated heterocycles. The van der Waals surface area contributed by atoms with Crippen LogP contribution in [0.4, 0.5) is 5.69 Å². The van der Waals surface area contributed by atoms with E-state index >= 15 is 0 Å². The van der Waals surface area contributed by atoms with Gasteiger partial charge in [-0.05, 0) is 61.7 Å². The number of sulfonamides is 1. The molecule has 0 aliphatic carbocycles. The van der Waals surface area contributed by atoms with Gasteiger partial charge < -0.3 is 4.90 Å². The molecule has 3 aromatic rings. The number of benzene rings is 2. The maximum Gasteiger partial charge on any atom is 0.258 e. The van der Waals surface area contributed by atoms with Gasteiger partial charge in [0.2, 0.25) is 10.0 Å². The van der Waals surface area contributed by atoms with Gasteiger partial charge in [0.15, 0.2) is 0 Å². The van der Waals surface area contributed by atoms with Crippen LogP contribution in [-0.2, 0) is 23.0 Å². The molecule has 0 bridgehead atoms. The van der Waals surface area contributed by atoms with Crippen molar-refractivity contribution >= 4 is 32.7 Å². The van der Waals surface area contributed by atoms with E-state index in [0.717, 1.165) is 29.6 Å². The second kappa shape index (κ2) is 8.39. The summed E-state index contributed by atoms with van der Waals surface area (Å²) in [5.41, 5.74) is 3.77. The Kier molecular flexibility index (Phi) is 5.81. The molecule has 4 rings (SSSR count). The number of fused-ring (bicyclic) bond motifs is 2. The summed E-state index contributed by atoms with van der Waals surface area (Å²) in [7, 11) is -3.54. The van der Waals surface area contributed by atoms with Crippen molar-refractivity contribution in [2.75, 3.05) is 24.5 Å². The Labute approximate surface area is 182 Å². The lowest BCUT2D eigenvalue weighted by Crippen LogP contribution is -2.36. The third-order valence-corrected chi connectivity index (χ3v) is 7.86. The third-order valence-electron chi connectivity index (χ3n) is 5.82. The number of hydrogen-bond donors (Lipinski definition) is 0. The fourth-order valence-electron chi connectivity index (χ4n) is 4.15. The van der Waals surface area contributed by atoms with E-state index < -0.39 is 10.0 Å². The molecule has 2 heterocycles. The highest BCUT2D eigenvalue weighted by atomic mass is 32.2. The summed E-state index contributed by atoms with van der Waals surface area (Å²) in [6.45, 7) is 7.80. The molecule has 0 radical (unpaired) electrons. The Hall–Kier alpha value is -2.78. The van der Waals surface area contributed by atoms with Crippen LogP contribution in [0.3, 0.4) is 0 Å². The first kappa shape index (κ1) is 21.5. The minimum atomic E-state index is -3.54. The molecule has 31 heavy (non-hydrogen) atoms. The van der Waals surface area contributed by atoms with Gasteiger partial charge in [-0.3, -0.25) is 4.79 Å². The van der Waals surface area contributed by atoms with Gasteiger partial charge in [0.1, 0.15) is 5.52 Å². The van der Waals surface area contributed by atoms with E-state index in [-0.39, 0.29) is 10.8 Å². The summed E-state index contributed by atoms with van der Waals surface area (Å²) >= 11 is 0. The molecule has 164 valence electrons. The first-order chi connectivity index (χ1) is 14.9. The third kappa shape index (κ3) is 3.72. The average Bonchev–Trinajstić information content (AvgIpc) is 3.20. The van der Waals surface area contributed by atoms with E-state index in [2.05, 4.69) is 10.3 Å². The molecule has 2 aromatic carbocycles.